The second-order valence-electron chi connectivity index (χ2n) is 15.5. The SMILES string of the molecule is CC[C@H](C)C(NC(=O)OC)C(=O)N1CCC[C@H]1c1ncc(-c2ccc3cc(-c4ccc5nc([C@@H]6CCCN6C(=O)C(NC(=O)OC)[C@@H](C)CC)[nH]c5c4)ncc3c2)[nH]1. The number of hydrogen-bond acceptors (Lipinski definition) is 9. The molecule has 5 heterocycles. The summed E-state index contributed by atoms with van der Waals surface area (Å²) in [6.45, 7) is 9.07. The maximum Gasteiger partial charge on any atom is 0.407 e. The number of benzene rings is 2. The fourth-order valence-corrected chi connectivity index (χ4v) is 8.19. The standard InChI is InChI=1S/C43H53N9O6/c1-7-24(3)36(49-42(55)57-5)40(53)51-17-9-11-34(51)38-45-23-33(48-38)27-14-13-26-20-31(44-22-29(26)19-27)28-15-16-30-32(21-28)47-39(46-30)35-12-10-18-52(35)41(54)37(25(4)8-2)50-43(56)58-6/h13-16,19-25,34-37H,7-12,17-18H2,1-6H3,(H,45,48)(H,46,47)(H,49,55)(H,50,56)/t24-,25-,34-,35-,36?,37?/m0/s1. The average Bonchev–Trinajstić information content (AvgIpc) is 4.09. The number of imidazole rings is 2. The highest BCUT2D eigenvalue weighted by Crippen LogP contribution is 2.36. The summed E-state index contributed by atoms with van der Waals surface area (Å²) in [6.07, 6.45) is 7.11. The van der Waals surface area contributed by atoms with Crippen LogP contribution in [-0.2, 0) is 19.1 Å². The Morgan fingerprint density at radius 2 is 1.34 bits per heavy atom. The first kappa shape index (κ1) is 40.2. The molecular weight excluding hydrogens is 739 g/mol. The van der Waals surface area contributed by atoms with E-state index in [4.69, 9.17) is 24.4 Å². The summed E-state index contributed by atoms with van der Waals surface area (Å²) in [4.78, 5) is 76.8. The molecule has 7 rings (SSSR count). The number of amides is 4. The Labute approximate surface area is 337 Å². The molecule has 2 fully saturated rings. The van der Waals surface area contributed by atoms with Crippen molar-refractivity contribution in [3.05, 3.63) is 66.5 Å². The van der Waals surface area contributed by atoms with Crippen LogP contribution in [0.1, 0.15) is 90.0 Å². The Morgan fingerprint density at radius 1 is 0.741 bits per heavy atom. The van der Waals surface area contributed by atoms with Crippen LogP contribution >= 0.6 is 0 Å². The Morgan fingerprint density at radius 3 is 1.95 bits per heavy atom. The molecule has 2 aromatic carbocycles. The molecule has 3 aromatic heterocycles. The molecule has 0 aliphatic carbocycles. The predicted molar refractivity (Wildman–Crippen MR) is 219 cm³/mol. The second kappa shape index (κ2) is 17.2. The number of H-pyrrole nitrogens is 2. The number of likely N-dealkylation sites (tertiary alicyclic amines) is 2. The van der Waals surface area contributed by atoms with Gasteiger partial charge in [0.05, 0.1) is 54.9 Å². The molecule has 6 atom stereocenters. The number of rotatable bonds is 12. The van der Waals surface area contributed by atoms with Gasteiger partial charge in [-0.2, -0.15) is 0 Å². The number of methoxy groups -OCH3 is 2. The number of aromatic amines is 2. The third-order valence-electron chi connectivity index (χ3n) is 12.0. The van der Waals surface area contributed by atoms with Crippen molar-refractivity contribution in [3.63, 3.8) is 0 Å². The molecule has 306 valence electrons. The highest BCUT2D eigenvalue weighted by molar-refractivity contribution is 5.91. The van der Waals surface area contributed by atoms with E-state index in [2.05, 4.69) is 38.8 Å². The lowest BCUT2D eigenvalue weighted by Gasteiger charge is -2.30. The first-order valence-corrected chi connectivity index (χ1v) is 20.3. The lowest BCUT2D eigenvalue weighted by Crippen LogP contribution is -2.51. The molecule has 15 nitrogen and oxygen atoms in total. The molecule has 2 unspecified atom stereocenters. The van der Waals surface area contributed by atoms with E-state index in [0.717, 1.165) is 88.7 Å². The van der Waals surface area contributed by atoms with Crippen LogP contribution in [-0.4, -0.2) is 98.1 Å². The van der Waals surface area contributed by atoms with Crippen LogP contribution in [0.5, 0.6) is 0 Å². The normalized spacial score (nSPS) is 18.9. The monoisotopic (exact) mass is 791 g/mol. The van der Waals surface area contributed by atoms with E-state index in [0.29, 0.717) is 18.9 Å². The zero-order valence-electron chi connectivity index (χ0n) is 34.0. The second-order valence-corrected chi connectivity index (χ2v) is 15.5. The van der Waals surface area contributed by atoms with Crippen molar-refractivity contribution in [1.82, 2.24) is 45.4 Å². The minimum absolute atomic E-state index is 0.0627. The number of aromatic nitrogens is 5. The quantitative estimate of drug-likeness (QED) is 0.103. The van der Waals surface area contributed by atoms with Crippen molar-refractivity contribution in [2.24, 2.45) is 11.8 Å². The van der Waals surface area contributed by atoms with Gasteiger partial charge in [0.15, 0.2) is 0 Å². The van der Waals surface area contributed by atoms with Gasteiger partial charge < -0.3 is 39.9 Å². The van der Waals surface area contributed by atoms with Gasteiger partial charge in [0.1, 0.15) is 23.7 Å². The molecule has 15 heteroatoms. The zero-order chi connectivity index (χ0) is 41.1. The van der Waals surface area contributed by atoms with E-state index in [-0.39, 0.29) is 35.7 Å². The van der Waals surface area contributed by atoms with Crippen LogP contribution in [0.15, 0.2) is 54.9 Å². The number of alkyl carbamates (subject to hydrolysis) is 2. The van der Waals surface area contributed by atoms with Gasteiger partial charge in [-0.15, -0.1) is 0 Å². The predicted octanol–water partition coefficient (Wildman–Crippen LogP) is 7.04. The fourth-order valence-electron chi connectivity index (χ4n) is 8.19. The van der Waals surface area contributed by atoms with E-state index in [1.807, 2.05) is 68.0 Å². The number of nitrogens with one attached hydrogen (secondary N) is 4. The van der Waals surface area contributed by atoms with E-state index < -0.39 is 24.3 Å². The molecule has 2 saturated heterocycles. The van der Waals surface area contributed by atoms with Crippen molar-refractivity contribution in [3.8, 4) is 22.5 Å². The number of carbonyl (C=O) groups excluding carboxylic acids is 4. The first-order valence-electron chi connectivity index (χ1n) is 20.3. The summed E-state index contributed by atoms with van der Waals surface area (Å²) in [5.41, 5.74) is 5.18. The molecule has 0 bridgehead atoms. The minimum Gasteiger partial charge on any atom is -0.453 e. The highest BCUT2D eigenvalue weighted by atomic mass is 16.5. The molecule has 2 aliphatic rings. The maximum absolute atomic E-state index is 13.8. The summed E-state index contributed by atoms with van der Waals surface area (Å²) in [5, 5.41) is 7.49. The van der Waals surface area contributed by atoms with Crippen LogP contribution in [0.25, 0.3) is 44.3 Å². The molecule has 0 spiro atoms. The topological polar surface area (TPSA) is 188 Å². The molecule has 0 radical (unpaired) electrons. The summed E-state index contributed by atoms with van der Waals surface area (Å²) in [7, 11) is 2.60. The van der Waals surface area contributed by atoms with Gasteiger partial charge in [0.25, 0.3) is 0 Å². The molecule has 58 heavy (non-hydrogen) atoms. The largest absolute Gasteiger partial charge is 0.453 e. The molecule has 4 N–H and O–H groups in total. The summed E-state index contributed by atoms with van der Waals surface area (Å²) in [6, 6.07) is 12.4. The summed E-state index contributed by atoms with van der Waals surface area (Å²) >= 11 is 0. The van der Waals surface area contributed by atoms with Crippen LogP contribution < -0.4 is 10.6 Å². The fraction of sp³-hybridized carbons (Fsp3) is 0.465. The van der Waals surface area contributed by atoms with Gasteiger partial charge in [0, 0.05) is 35.8 Å². The van der Waals surface area contributed by atoms with Crippen molar-refractivity contribution < 1.29 is 28.7 Å². The van der Waals surface area contributed by atoms with Gasteiger partial charge >= 0.3 is 12.2 Å². The smallest absolute Gasteiger partial charge is 0.407 e. The summed E-state index contributed by atoms with van der Waals surface area (Å²) in [5.74, 6) is 1.04. The third kappa shape index (κ3) is 8.07. The van der Waals surface area contributed by atoms with Crippen molar-refractivity contribution in [2.45, 2.75) is 90.4 Å². The van der Waals surface area contributed by atoms with Crippen molar-refractivity contribution >= 4 is 45.8 Å². The van der Waals surface area contributed by atoms with E-state index in [1.165, 1.54) is 14.2 Å². The Kier molecular flexibility index (Phi) is 12.0. The minimum atomic E-state index is -0.687. The Hall–Kier alpha value is -5.99. The lowest BCUT2D eigenvalue weighted by molar-refractivity contribution is -0.136. The highest BCUT2D eigenvalue weighted by Gasteiger charge is 2.39. The number of nitrogens with zero attached hydrogens (tertiary/aromatic N) is 5. The van der Waals surface area contributed by atoms with Gasteiger partial charge in [-0.05, 0) is 67.2 Å². The van der Waals surface area contributed by atoms with E-state index in [9.17, 15) is 19.2 Å². The van der Waals surface area contributed by atoms with E-state index >= 15 is 0 Å². The molecular formula is C43H53N9O6. The van der Waals surface area contributed by atoms with Crippen LogP contribution in [0.4, 0.5) is 9.59 Å². The number of carbonyl (C=O) groups is 4. The molecule has 0 saturated carbocycles. The Balaban J connectivity index is 1.07. The van der Waals surface area contributed by atoms with Gasteiger partial charge in [-0.25, -0.2) is 19.6 Å². The number of ether oxygens (including phenoxy) is 2. The van der Waals surface area contributed by atoms with Crippen LogP contribution in [0, 0.1) is 11.8 Å². The van der Waals surface area contributed by atoms with Crippen LogP contribution in [0.3, 0.4) is 0 Å². The van der Waals surface area contributed by atoms with E-state index in [1.54, 1.807) is 6.20 Å². The molecule has 2 aliphatic heterocycles. The van der Waals surface area contributed by atoms with Crippen molar-refractivity contribution in [1.29, 1.82) is 0 Å². The van der Waals surface area contributed by atoms with Crippen LogP contribution in [0.2, 0.25) is 0 Å². The average molecular weight is 792 g/mol. The number of pyridine rings is 1. The lowest BCUT2D eigenvalue weighted by atomic mass is 9.97. The zero-order valence-corrected chi connectivity index (χ0v) is 34.0. The number of hydrogen-bond donors (Lipinski definition) is 4. The maximum atomic E-state index is 13.8. The summed E-state index contributed by atoms with van der Waals surface area (Å²) < 4.78 is 9.62. The molecule has 5 aromatic rings. The van der Waals surface area contributed by atoms with Crippen molar-refractivity contribution in [2.75, 3.05) is 27.3 Å². The van der Waals surface area contributed by atoms with Gasteiger partial charge in [-0.1, -0.05) is 58.7 Å². The van der Waals surface area contributed by atoms with Gasteiger partial charge in [0.2, 0.25) is 11.8 Å². The third-order valence-corrected chi connectivity index (χ3v) is 12.0. The van der Waals surface area contributed by atoms with Gasteiger partial charge in [-0.3, -0.25) is 14.6 Å². The first-order chi connectivity index (χ1) is 28.0. The molecule has 4 amide bonds. The Bertz CT molecular complexity index is 2300. The number of fused-ring (bicyclic) bond motifs is 2.